The topological polar surface area (TPSA) is 67.2 Å². The van der Waals surface area contributed by atoms with E-state index >= 15 is 0 Å². The van der Waals surface area contributed by atoms with Gasteiger partial charge in [-0.1, -0.05) is 6.92 Å². The number of hydrogen-bond donors (Lipinski definition) is 2. The highest BCUT2D eigenvalue weighted by atomic mass is 16.6. The summed E-state index contributed by atoms with van der Waals surface area (Å²) < 4.78 is 0. The van der Waals surface area contributed by atoms with Crippen LogP contribution in [0.3, 0.4) is 0 Å². The second kappa shape index (κ2) is 5.92. The van der Waals surface area contributed by atoms with Gasteiger partial charge in [-0.2, -0.15) is 0 Å². The lowest BCUT2D eigenvalue weighted by molar-refractivity contribution is -0.384. The SMILES string of the molecule is CCCNc1cc(NC(C2CC2)C2CC2)cc([N+](=O)[O-])c1. The van der Waals surface area contributed by atoms with Gasteiger partial charge in [0.05, 0.1) is 4.92 Å². The minimum atomic E-state index is -0.314. The Morgan fingerprint density at radius 1 is 1.19 bits per heavy atom. The molecule has 2 aliphatic rings. The summed E-state index contributed by atoms with van der Waals surface area (Å²) in [4.78, 5) is 10.8. The summed E-state index contributed by atoms with van der Waals surface area (Å²) in [5.41, 5.74) is 1.87. The van der Waals surface area contributed by atoms with E-state index in [1.54, 1.807) is 12.1 Å². The molecule has 114 valence electrons. The largest absolute Gasteiger partial charge is 0.385 e. The van der Waals surface area contributed by atoms with Crippen molar-refractivity contribution in [1.29, 1.82) is 0 Å². The van der Waals surface area contributed by atoms with Crippen molar-refractivity contribution in [1.82, 2.24) is 0 Å². The fraction of sp³-hybridized carbons (Fsp3) is 0.625. The monoisotopic (exact) mass is 289 g/mol. The average Bonchev–Trinajstić information content (AvgIpc) is 3.35. The summed E-state index contributed by atoms with van der Waals surface area (Å²) in [6.07, 6.45) is 6.18. The lowest BCUT2D eigenvalue weighted by Crippen LogP contribution is -2.24. The molecule has 21 heavy (non-hydrogen) atoms. The molecule has 0 aliphatic heterocycles. The van der Waals surface area contributed by atoms with Gasteiger partial charge in [-0.3, -0.25) is 10.1 Å². The minimum Gasteiger partial charge on any atom is -0.385 e. The molecule has 2 aliphatic carbocycles. The molecule has 2 fully saturated rings. The fourth-order valence-electron chi connectivity index (χ4n) is 2.90. The van der Waals surface area contributed by atoms with Crippen LogP contribution < -0.4 is 10.6 Å². The van der Waals surface area contributed by atoms with Crippen molar-refractivity contribution >= 4 is 17.1 Å². The zero-order valence-electron chi connectivity index (χ0n) is 12.5. The van der Waals surface area contributed by atoms with Crippen molar-refractivity contribution in [2.75, 3.05) is 17.2 Å². The minimum absolute atomic E-state index is 0.156. The highest BCUT2D eigenvalue weighted by Crippen LogP contribution is 2.46. The number of benzene rings is 1. The quantitative estimate of drug-likeness (QED) is 0.560. The van der Waals surface area contributed by atoms with Crippen LogP contribution in [0.5, 0.6) is 0 Å². The van der Waals surface area contributed by atoms with Crippen LogP contribution in [0.4, 0.5) is 17.1 Å². The molecule has 3 rings (SSSR count). The van der Waals surface area contributed by atoms with E-state index in [-0.39, 0.29) is 10.6 Å². The molecule has 5 heteroatoms. The Hall–Kier alpha value is -1.78. The lowest BCUT2D eigenvalue weighted by Gasteiger charge is -2.19. The Labute approximate surface area is 125 Å². The standard InChI is InChI=1S/C16H23N3O2/c1-2-7-17-13-8-14(10-15(9-13)19(20)21)18-16(11-3-4-11)12-5-6-12/h8-12,16-18H,2-7H2,1H3. The van der Waals surface area contributed by atoms with Gasteiger partial charge in [-0.15, -0.1) is 0 Å². The first-order chi connectivity index (χ1) is 10.2. The second-order valence-corrected chi connectivity index (χ2v) is 6.30. The van der Waals surface area contributed by atoms with E-state index in [0.717, 1.165) is 36.2 Å². The zero-order valence-corrected chi connectivity index (χ0v) is 12.5. The first-order valence-corrected chi connectivity index (χ1v) is 7.97. The Bertz CT molecular complexity index is 512. The van der Waals surface area contributed by atoms with Gasteiger partial charge in [0.15, 0.2) is 0 Å². The fourth-order valence-corrected chi connectivity index (χ4v) is 2.90. The van der Waals surface area contributed by atoms with Gasteiger partial charge in [-0.25, -0.2) is 0 Å². The van der Waals surface area contributed by atoms with Gasteiger partial charge < -0.3 is 10.6 Å². The normalized spacial score (nSPS) is 17.8. The molecule has 5 nitrogen and oxygen atoms in total. The smallest absolute Gasteiger partial charge is 0.273 e. The van der Waals surface area contributed by atoms with Crippen molar-refractivity contribution < 1.29 is 4.92 Å². The van der Waals surface area contributed by atoms with E-state index in [2.05, 4.69) is 17.6 Å². The third-order valence-electron chi connectivity index (χ3n) is 4.30. The third kappa shape index (κ3) is 3.65. The van der Waals surface area contributed by atoms with Gasteiger partial charge in [0.1, 0.15) is 0 Å². The highest BCUT2D eigenvalue weighted by Gasteiger charge is 2.41. The number of nitrogens with zero attached hydrogens (tertiary/aromatic N) is 1. The molecule has 0 aromatic heterocycles. The average molecular weight is 289 g/mol. The molecule has 2 saturated carbocycles. The van der Waals surface area contributed by atoms with Crippen LogP contribution in [0.15, 0.2) is 18.2 Å². The summed E-state index contributed by atoms with van der Waals surface area (Å²) in [6.45, 7) is 2.91. The van der Waals surface area contributed by atoms with E-state index in [1.165, 1.54) is 25.7 Å². The van der Waals surface area contributed by atoms with Crippen LogP contribution in [0.2, 0.25) is 0 Å². The van der Waals surface area contributed by atoms with Gasteiger partial charge in [0.25, 0.3) is 5.69 Å². The Morgan fingerprint density at radius 2 is 1.81 bits per heavy atom. The van der Waals surface area contributed by atoms with Crippen LogP contribution in [-0.4, -0.2) is 17.5 Å². The number of nitrogens with one attached hydrogen (secondary N) is 2. The van der Waals surface area contributed by atoms with E-state index in [1.807, 2.05) is 6.07 Å². The van der Waals surface area contributed by atoms with E-state index in [4.69, 9.17) is 0 Å². The van der Waals surface area contributed by atoms with Crippen molar-refractivity contribution in [3.63, 3.8) is 0 Å². The molecule has 2 N–H and O–H groups in total. The van der Waals surface area contributed by atoms with Gasteiger partial charge in [-0.05, 0) is 50.0 Å². The first-order valence-electron chi connectivity index (χ1n) is 7.97. The van der Waals surface area contributed by atoms with Crippen molar-refractivity contribution in [2.45, 2.75) is 45.1 Å². The van der Waals surface area contributed by atoms with Crippen LogP contribution in [-0.2, 0) is 0 Å². The Morgan fingerprint density at radius 3 is 2.33 bits per heavy atom. The molecule has 0 amide bonds. The predicted octanol–water partition coefficient (Wildman–Crippen LogP) is 4.02. The predicted molar refractivity (Wildman–Crippen MR) is 84.7 cm³/mol. The van der Waals surface area contributed by atoms with E-state index in [9.17, 15) is 10.1 Å². The van der Waals surface area contributed by atoms with Gasteiger partial charge in [0.2, 0.25) is 0 Å². The number of rotatable bonds is 8. The molecule has 0 saturated heterocycles. The number of anilines is 2. The van der Waals surface area contributed by atoms with Crippen molar-refractivity contribution in [3.8, 4) is 0 Å². The molecule has 0 spiro atoms. The summed E-state index contributed by atoms with van der Waals surface area (Å²) in [7, 11) is 0. The molecule has 0 heterocycles. The summed E-state index contributed by atoms with van der Waals surface area (Å²) in [5.74, 6) is 1.53. The maximum Gasteiger partial charge on any atom is 0.273 e. The second-order valence-electron chi connectivity index (χ2n) is 6.30. The number of nitro groups is 1. The molecule has 0 bridgehead atoms. The molecular formula is C16H23N3O2. The van der Waals surface area contributed by atoms with Crippen LogP contribution in [0.1, 0.15) is 39.0 Å². The number of hydrogen-bond acceptors (Lipinski definition) is 4. The molecule has 0 unspecified atom stereocenters. The third-order valence-corrected chi connectivity index (χ3v) is 4.30. The van der Waals surface area contributed by atoms with Gasteiger partial charge >= 0.3 is 0 Å². The van der Waals surface area contributed by atoms with Crippen LogP contribution in [0, 0.1) is 22.0 Å². The molecule has 1 aromatic carbocycles. The summed E-state index contributed by atoms with van der Waals surface area (Å²) >= 11 is 0. The van der Waals surface area contributed by atoms with E-state index in [0.29, 0.717) is 6.04 Å². The van der Waals surface area contributed by atoms with E-state index < -0.39 is 0 Å². The zero-order chi connectivity index (χ0) is 14.8. The molecule has 0 atom stereocenters. The number of nitro benzene ring substituents is 1. The van der Waals surface area contributed by atoms with Crippen molar-refractivity contribution in [3.05, 3.63) is 28.3 Å². The Balaban J connectivity index is 1.78. The maximum atomic E-state index is 11.1. The van der Waals surface area contributed by atoms with Crippen molar-refractivity contribution in [2.24, 2.45) is 11.8 Å². The lowest BCUT2D eigenvalue weighted by atomic mass is 10.1. The first kappa shape index (κ1) is 14.2. The van der Waals surface area contributed by atoms with Gasteiger partial charge in [0, 0.05) is 36.1 Å². The molecule has 1 aromatic rings. The molecule has 0 radical (unpaired) electrons. The maximum absolute atomic E-state index is 11.1. The van der Waals surface area contributed by atoms with Crippen LogP contribution in [0.25, 0.3) is 0 Å². The number of non-ortho nitro benzene ring substituents is 1. The molecular weight excluding hydrogens is 266 g/mol. The van der Waals surface area contributed by atoms with Crippen LogP contribution >= 0.6 is 0 Å². The summed E-state index contributed by atoms with van der Waals surface area (Å²) in [6, 6.07) is 5.78. The Kier molecular flexibility index (Phi) is 3.99. The highest BCUT2D eigenvalue weighted by molar-refractivity contribution is 5.64. The summed E-state index contributed by atoms with van der Waals surface area (Å²) in [5, 5.41) is 17.9.